The molecule has 1 aromatic heterocycles. The van der Waals surface area contributed by atoms with Gasteiger partial charge in [0.15, 0.2) is 0 Å². The lowest BCUT2D eigenvalue weighted by Gasteiger charge is -2.04. The predicted octanol–water partition coefficient (Wildman–Crippen LogP) is 3.67. The highest BCUT2D eigenvalue weighted by Crippen LogP contribution is 2.29. The Morgan fingerprint density at radius 1 is 1.47 bits per heavy atom. The van der Waals surface area contributed by atoms with Gasteiger partial charge in [0.2, 0.25) is 0 Å². The topological polar surface area (TPSA) is 38.9 Å². The summed E-state index contributed by atoms with van der Waals surface area (Å²) >= 11 is 9.10. The van der Waals surface area contributed by atoms with Gasteiger partial charge in [-0.05, 0) is 18.2 Å². The number of aromatic nitrogens is 1. The first-order valence-corrected chi connectivity index (χ1v) is 6.61. The van der Waals surface area contributed by atoms with Crippen LogP contribution in [0.25, 0.3) is 0 Å². The molecule has 0 bridgehead atoms. The molecule has 0 saturated heterocycles. The van der Waals surface area contributed by atoms with Crippen molar-refractivity contribution in [3.63, 3.8) is 0 Å². The Labute approximate surface area is 101 Å². The van der Waals surface area contributed by atoms with E-state index in [-0.39, 0.29) is 0 Å². The molecule has 2 rings (SSSR count). The van der Waals surface area contributed by atoms with E-state index in [0.29, 0.717) is 5.02 Å². The van der Waals surface area contributed by atoms with Crippen LogP contribution in [0.5, 0.6) is 0 Å². The van der Waals surface area contributed by atoms with E-state index in [0.717, 1.165) is 22.0 Å². The molecule has 0 spiro atoms. The summed E-state index contributed by atoms with van der Waals surface area (Å²) in [4.78, 5) is 5.26. The average Bonchev–Trinajstić information content (AvgIpc) is 2.69. The molecule has 0 fully saturated rings. The number of benzene rings is 1. The molecular weight excluding hydrogens is 248 g/mol. The second kappa shape index (κ2) is 4.88. The summed E-state index contributed by atoms with van der Waals surface area (Å²) in [5, 5.41) is 2.71. The van der Waals surface area contributed by atoms with E-state index in [1.54, 1.807) is 29.2 Å². The monoisotopic (exact) mass is 256 g/mol. The number of thioether (sulfide) groups is 1. The number of hydrogen-bond acceptors (Lipinski definition) is 4. The fraction of sp³-hybridized carbons (Fsp3) is 0.100. The first kappa shape index (κ1) is 10.8. The van der Waals surface area contributed by atoms with Crippen LogP contribution < -0.4 is 5.73 Å². The van der Waals surface area contributed by atoms with Crippen LogP contribution >= 0.6 is 34.7 Å². The molecule has 0 aliphatic heterocycles. The zero-order valence-electron chi connectivity index (χ0n) is 7.81. The lowest BCUT2D eigenvalue weighted by molar-refractivity contribution is 1.23. The van der Waals surface area contributed by atoms with Gasteiger partial charge in [-0.15, -0.1) is 23.1 Å². The number of nitrogens with zero attached hydrogens (tertiary/aromatic N) is 1. The summed E-state index contributed by atoms with van der Waals surface area (Å²) in [6.07, 6.45) is 0. The quantitative estimate of drug-likeness (QED) is 0.673. The Morgan fingerprint density at radius 3 is 3.00 bits per heavy atom. The Balaban J connectivity index is 2.05. The number of halogens is 1. The van der Waals surface area contributed by atoms with Crippen molar-refractivity contribution in [3.05, 3.63) is 39.8 Å². The molecule has 0 aliphatic rings. The van der Waals surface area contributed by atoms with E-state index in [1.807, 2.05) is 23.0 Å². The highest BCUT2D eigenvalue weighted by molar-refractivity contribution is 7.98. The van der Waals surface area contributed by atoms with Gasteiger partial charge in [0.25, 0.3) is 0 Å². The number of hydrogen-bond donors (Lipinski definition) is 1. The molecule has 2 aromatic rings. The summed E-state index contributed by atoms with van der Waals surface area (Å²) in [5.41, 5.74) is 9.48. The molecule has 15 heavy (non-hydrogen) atoms. The van der Waals surface area contributed by atoms with Crippen molar-refractivity contribution in [2.24, 2.45) is 0 Å². The van der Waals surface area contributed by atoms with Gasteiger partial charge in [0.05, 0.1) is 11.2 Å². The Bertz CT molecular complexity index is 443. The Morgan fingerprint density at radius 2 is 2.33 bits per heavy atom. The maximum Gasteiger partial charge on any atom is 0.0795 e. The van der Waals surface area contributed by atoms with Crippen LogP contribution in [-0.4, -0.2) is 4.98 Å². The molecule has 0 unspecified atom stereocenters. The zero-order valence-corrected chi connectivity index (χ0v) is 10.2. The molecule has 78 valence electrons. The lowest BCUT2D eigenvalue weighted by Crippen LogP contribution is -1.88. The van der Waals surface area contributed by atoms with E-state index in [4.69, 9.17) is 17.3 Å². The van der Waals surface area contributed by atoms with Crippen LogP contribution in [0.3, 0.4) is 0 Å². The molecule has 0 radical (unpaired) electrons. The number of nitrogen functional groups attached to an aromatic ring is 1. The molecule has 1 aromatic carbocycles. The third kappa shape index (κ3) is 2.87. The van der Waals surface area contributed by atoms with Crippen molar-refractivity contribution in [2.45, 2.75) is 10.6 Å². The summed E-state index contributed by atoms with van der Waals surface area (Å²) < 4.78 is 0. The number of anilines is 1. The standard InChI is InChI=1S/C10H9ClN2S2/c11-7-1-2-10(9(12)3-7)15-5-8-4-14-6-13-8/h1-4,6H,5,12H2. The molecule has 0 saturated carbocycles. The molecule has 1 heterocycles. The predicted molar refractivity (Wildman–Crippen MR) is 67.5 cm³/mol. The van der Waals surface area contributed by atoms with E-state index in [2.05, 4.69) is 4.98 Å². The fourth-order valence-electron chi connectivity index (χ4n) is 1.11. The van der Waals surface area contributed by atoms with E-state index >= 15 is 0 Å². The summed E-state index contributed by atoms with van der Waals surface area (Å²) in [6.45, 7) is 0. The minimum Gasteiger partial charge on any atom is -0.398 e. The van der Waals surface area contributed by atoms with Gasteiger partial charge in [-0.2, -0.15) is 0 Å². The molecule has 5 heteroatoms. The second-order valence-electron chi connectivity index (χ2n) is 2.95. The molecule has 0 atom stereocenters. The van der Waals surface area contributed by atoms with Gasteiger partial charge in [0.1, 0.15) is 0 Å². The molecular formula is C10H9ClN2S2. The van der Waals surface area contributed by atoms with Gasteiger partial charge in [-0.1, -0.05) is 11.6 Å². The smallest absolute Gasteiger partial charge is 0.0795 e. The summed E-state index contributed by atoms with van der Waals surface area (Å²) in [7, 11) is 0. The molecule has 2 N–H and O–H groups in total. The number of rotatable bonds is 3. The normalized spacial score (nSPS) is 10.5. The van der Waals surface area contributed by atoms with Crippen LogP contribution in [-0.2, 0) is 5.75 Å². The third-order valence-corrected chi connectivity index (χ3v) is 3.82. The second-order valence-corrected chi connectivity index (χ2v) is 5.12. The first-order chi connectivity index (χ1) is 7.25. The highest BCUT2D eigenvalue weighted by Gasteiger charge is 2.02. The summed E-state index contributed by atoms with van der Waals surface area (Å²) in [6, 6.07) is 5.56. The maximum absolute atomic E-state index is 5.84. The third-order valence-electron chi connectivity index (χ3n) is 1.83. The van der Waals surface area contributed by atoms with Crippen molar-refractivity contribution < 1.29 is 0 Å². The minimum atomic E-state index is 0.672. The van der Waals surface area contributed by atoms with Crippen LogP contribution in [0.1, 0.15) is 5.69 Å². The first-order valence-electron chi connectivity index (χ1n) is 4.30. The van der Waals surface area contributed by atoms with Crippen LogP contribution in [0, 0.1) is 0 Å². The fourth-order valence-corrected chi connectivity index (χ4v) is 2.81. The van der Waals surface area contributed by atoms with Crippen LogP contribution in [0.4, 0.5) is 5.69 Å². The molecule has 0 aliphatic carbocycles. The van der Waals surface area contributed by atoms with Gasteiger partial charge in [0, 0.05) is 26.7 Å². The highest BCUT2D eigenvalue weighted by atomic mass is 35.5. The van der Waals surface area contributed by atoms with Crippen LogP contribution in [0.2, 0.25) is 5.02 Å². The minimum absolute atomic E-state index is 0.672. The van der Waals surface area contributed by atoms with Gasteiger partial charge in [-0.3, -0.25) is 0 Å². The van der Waals surface area contributed by atoms with Crippen molar-refractivity contribution in [3.8, 4) is 0 Å². The van der Waals surface area contributed by atoms with E-state index in [9.17, 15) is 0 Å². The SMILES string of the molecule is Nc1cc(Cl)ccc1SCc1cscn1. The lowest BCUT2D eigenvalue weighted by atomic mass is 10.3. The zero-order chi connectivity index (χ0) is 10.7. The maximum atomic E-state index is 5.84. The molecule has 0 amide bonds. The van der Waals surface area contributed by atoms with Gasteiger partial charge in [-0.25, -0.2) is 4.98 Å². The van der Waals surface area contributed by atoms with Crippen LogP contribution in [0.15, 0.2) is 34.0 Å². The van der Waals surface area contributed by atoms with E-state index in [1.165, 1.54) is 0 Å². The largest absolute Gasteiger partial charge is 0.398 e. The van der Waals surface area contributed by atoms with Gasteiger partial charge < -0.3 is 5.73 Å². The van der Waals surface area contributed by atoms with Crippen molar-refractivity contribution in [2.75, 3.05) is 5.73 Å². The Hall–Kier alpha value is -0.710. The van der Waals surface area contributed by atoms with Crippen molar-refractivity contribution >= 4 is 40.4 Å². The van der Waals surface area contributed by atoms with Crippen molar-refractivity contribution in [1.29, 1.82) is 0 Å². The van der Waals surface area contributed by atoms with Gasteiger partial charge >= 0.3 is 0 Å². The average molecular weight is 257 g/mol. The number of thiazole rings is 1. The number of nitrogens with two attached hydrogens (primary N) is 1. The summed E-state index contributed by atoms with van der Waals surface area (Å²) in [5.74, 6) is 0.843. The van der Waals surface area contributed by atoms with E-state index < -0.39 is 0 Å². The molecule has 2 nitrogen and oxygen atoms in total. The Kier molecular flexibility index (Phi) is 3.51. The van der Waals surface area contributed by atoms with Crippen molar-refractivity contribution in [1.82, 2.24) is 4.98 Å².